The predicted molar refractivity (Wildman–Crippen MR) is 123 cm³/mol. The second-order valence-corrected chi connectivity index (χ2v) is 9.92. The van der Waals surface area contributed by atoms with Crippen LogP contribution in [0, 0.1) is 17.1 Å². The van der Waals surface area contributed by atoms with E-state index in [1.807, 2.05) is 0 Å². The molecule has 3 rings (SSSR count). The van der Waals surface area contributed by atoms with Gasteiger partial charge in [0.15, 0.2) is 11.6 Å². The van der Waals surface area contributed by atoms with Crippen LogP contribution in [-0.4, -0.2) is 54.2 Å². The molecule has 1 aromatic carbocycles. The number of nitrogens with zero attached hydrogens (tertiary/aromatic N) is 4. The monoisotopic (exact) mass is 526 g/mol. The summed E-state index contributed by atoms with van der Waals surface area (Å²) in [4.78, 5) is 22.6. The van der Waals surface area contributed by atoms with E-state index in [1.54, 1.807) is 23.4 Å². The number of hydrogen-bond donors (Lipinski definition) is 0. The highest BCUT2D eigenvalue weighted by molar-refractivity contribution is 7.62. The lowest BCUT2D eigenvalue weighted by molar-refractivity contribution is -0.239. The maximum absolute atomic E-state index is 14.7. The molecule has 2 aromatic rings. The zero-order valence-corrected chi connectivity index (χ0v) is 21.3. The zero-order chi connectivity index (χ0) is 26.3. The fraction of sp³-hybridized carbons (Fsp3) is 0.500. The summed E-state index contributed by atoms with van der Waals surface area (Å²) in [7, 11) is -1.82. The molecule has 0 atom stereocenters. The number of amides is 1. The molecule has 196 valence electrons. The molecule has 0 aliphatic carbocycles. The van der Waals surface area contributed by atoms with Crippen molar-refractivity contribution in [2.45, 2.75) is 45.4 Å². The first kappa shape index (κ1) is 27.6. The summed E-state index contributed by atoms with van der Waals surface area (Å²) in [5.74, 6) is -0.979. The Balaban J connectivity index is 1.67. The molecular weight excluding hydrogens is 498 g/mol. The number of hydrogen-bond acceptors (Lipinski definition) is 10. The van der Waals surface area contributed by atoms with Crippen molar-refractivity contribution in [3.05, 3.63) is 41.5 Å². The normalized spacial score (nSPS) is 14.6. The van der Waals surface area contributed by atoms with Crippen molar-refractivity contribution in [3.63, 3.8) is 0 Å². The Kier molecular flexibility index (Phi) is 9.42. The summed E-state index contributed by atoms with van der Waals surface area (Å²) in [5, 5.41) is 13.9. The van der Waals surface area contributed by atoms with Gasteiger partial charge in [0, 0.05) is 18.7 Å². The average molecular weight is 526 g/mol. The second kappa shape index (κ2) is 12.3. The summed E-state index contributed by atoms with van der Waals surface area (Å²) in [6.45, 7) is 4.42. The number of carbonyl (C=O) groups excluding carboxylic acids is 1. The van der Waals surface area contributed by atoms with Crippen LogP contribution in [0.4, 0.5) is 9.18 Å². The minimum atomic E-state index is -4.07. The summed E-state index contributed by atoms with van der Waals surface area (Å²) >= 11 is 0. The molecule has 1 aliphatic rings. The largest absolute Gasteiger partial charge is 0.486 e. The van der Waals surface area contributed by atoms with Crippen LogP contribution in [0.1, 0.15) is 44.0 Å². The van der Waals surface area contributed by atoms with Crippen LogP contribution in [0.3, 0.4) is 0 Å². The Labute approximate surface area is 207 Å². The lowest BCUT2D eigenvalue weighted by atomic mass is 10.1. The highest BCUT2D eigenvalue weighted by Gasteiger charge is 2.32. The molecule has 14 heteroatoms. The van der Waals surface area contributed by atoms with Gasteiger partial charge in [-0.2, -0.15) is 10.4 Å². The van der Waals surface area contributed by atoms with Gasteiger partial charge in [0.2, 0.25) is 0 Å². The SMILES string of the molecule is COOP(=O)(OOC)c1ccc(OCc2cnn(C3CCN(C(=O)OC(C)C)CC3)c2C#N)c(F)c1. The first-order chi connectivity index (χ1) is 17.2. The molecule has 2 heterocycles. The van der Waals surface area contributed by atoms with Gasteiger partial charge in [0.1, 0.15) is 18.4 Å². The van der Waals surface area contributed by atoms with Crippen LogP contribution in [0.15, 0.2) is 24.4 Å². The second-order valence-electron chi connectivity index (χ2n) is 8.11. The number of aromatic nitrogens is 2. The molecule has 12 nitrogen and oxygen atoms in total. The van der Waals surface area contributed by atoms with E-state index in [4.69, 9.17) is 9.47 Å². The molecule has 0 unspecified atom stereocenters. The third-order valence-corrected chi connectivity index (χ3v) is 6.94. The quantitative estimate of drug-likeness (QED) is 0.257. The van der Waals surface area contributed by atoms with Crippen molar-refractivity contribution < 1.29 is 42.3 Å². The fourth-order valence-corrected chi connectivity index (χ4v) is 4.82. The highest BCUT2D eigenvalue weighted by Crippen LogP contribution is 2.47. The number of ether oxygens (including phenoxy) is 2. The fourth-order valence-electron chi connectivity index (χ4n) is 3.70. The number of piperidine rings is 1. The summed E-state index contributed by atoms with van der Waals surface area (Å²) < 4.78 is 48.9. The lowest BCUT2D eigenvalue weighted by Crippen LogP contribution is -2.40. The molecule has 36 heavy (non-hydrogen) atoms. The average Bonchev–Trinajstić information content (AvgIpc) is 3.26. The molecule has 0 spiro atoms. The van der Waals surface area contributed by atoms with E-state index < -0.39 is 13.4 Å². The molecule has 0 radical (unpaired) electrons. The van der Waals surface area contributed by atoms with Gasteiger partial charge in [0.25, 0.3) is 0 Å². The third kappa shape index (κ3) is 6.40. The van der Waals surface area contributed by atoms with Gasteiger partial charge in [-0.3, -0.25) is 4.68 Å². The maximum Gasteiger partial charge on any atom is 0.414 e. The van der Waals surface area contributed by atoms with E-state index in [2.05, 4.69) is 30.3 Å². The number of halogens is 1. The van der Waals surface area contributed by atoms with E-state index in [-0.39, 0.29) is 35.9 Å². The molecular formula is C22H28FN4O8P. The topological polar surface area (TPSA) is 134 Å². The molecule has 1 fully saturated rings. The number of rotatable bonds is 10. The summed E-state index contributed by atoms with van der Waals surface area (Å²) in [6.07, 6.45) is 2.15. The molecule has 1 aromatic heterocycles. The molecule has 0 N–H and O–H groups in total. The molecule has 0 bridgehead atoms. The van der Waals surface area contributed by atoms with Crippen molar-refractivity contribution in [1.82, 2.24) is 14.7 Å². The van der Waals surface area contributed by atoms with Crippen LogP contribution in [0.5, 0.6) is 5.75 Å². The van der Waals surface area contributed by atoms with Gasteiger partial charge in [0.05, 0.1) is 37.9 Å². The zero-order valence-electron chi connectivity index (χ0n) is 20.4. The number of benzene rings is 1. The van der Waals surface area contributed by atoms with Crippen molar-refractivity contribution in [2.75, 3.05) is 27.3 Å². The van der Waals surface area contributed by atoms with E-state index in [1.165, 1.54) is 18.3 Å². The van der Waals surface area contributed by atoms with E-state index in [0.717, 1.165) is 20.3 Å². The van der Waals surface area contributed by atoms with Crippen LogP contribution in [0.2, 0.25) is 0 Å². The van der Waals surface area contributed by atoms with Gasteiger partial charge < -0.3 is 14.4 Å². The molecule has 0 saturated carbocycles. The van der Waals surface area contributed by atoms with Crippen LogP contribution in [0.25, 0.3) is 0 Å². The van der Waals surface area contributed by atoms with Gasteiger partial charge >= 0.3 is 13.7 Å². The predicted octanol–water partition coefficient (Wildman–Crippen LogP) is 3.63. The first-order valence-corrected chi connectivity index (χ1v) is 12.7. The Morgan fingerprint density at radius 2 is 1.92 bits per heavy atom. The summed E-state index contributed by atoms with van der Waals surface area (Å²) in [6, 6.07) is 5.50. The van der Waals surface area contributed by atoms with E-state index in [9.17, 15) is 19.0 Å². The smallest absolute Gasteiger partial charge is 0.414 e. The van der Waals surface area contributed by atoms with Crippen molar-refractivity contribution >= 4 is 19.0 Å². The molecule has 1 saturated heterocycles. The number of carbonyl (C=O) groups is 1. The van der Waals surface area contributed by atoms with Gasteiger partial charge in [-0.15, -0.1) is 9.35 Å². The van der Waals surface area contributed by atoms with Gasteiger partial charge in [-0.25, -0.2) is 23.5 Å². The van der Waals surface area contributed by atoms with Crippen molar-refractivity contribution in [2.24, 2.45) is 0 Å². The van der Waals surface area contributed by atoms with Crippen LogP contribution in [-0.2, 0) is 35.0 Å². The molecule has 1 amide bonds. The van der Waals surface area contributed by atoms with E-state index in [0.29, 0.717) is 37.2 Å². The van der Waals surface area contributed by atoms with E-state index >= 15 is 0 Å². The summed E-state index contributed by atoms with van der Waals surface area (Å²) in [5.41, 5.74) is 0.764. The first-order valence-electron chi connectivity index (χ1n) is 11.1. The lowest BCUT2D eigenvalue weighted by Gasteiger charge is -2.32. The van der Waals surface area contributed by atoms with Crippen molar-refractivity contribution in [1.29, 1.82) is 5.26 Å². The van der Waals surface area contributed by atoms with Gasteiger partial charge in [-0.1, -0.05) is 0 Å². The maximum atomic E-state index is 14.7. The highest BCUT2D eigenvalue weighted by atomic mass is 31.2. The van der Waals surface area contributed by atoms with Crippen LogP contribution >= 0.6 is 7.60 Å². The Hall–Kier alpha value is -3.01. The molecule has 1 aliphatic heterocycles. The standard InChI is InChI=1S/C22H28FN4O8P/c1-15(2)33-22(28)26-9-7-17(8-10-26)27-20(12-24)16(13-25-27)14-32-21-6-5-18(11-19(21)23)36(29,34-30-3)35-31-4/h5-6,11,13,15,17H,7-10,14H2,1-4H3. The minimum absolute atomic E-state index is 0.0803. The number of nitriles is 1. The van der Waals surface area contributed by atoms with Gasteiger partial charge in [-0.05, 0) is 44.9 Å². The van der Waals surface area contributed by atoms with Crippen LogP contribution < -0.4 is 10.0 Å². The minimum Gasteiger partial charge on any atom is -0.486 e. The third-order valence-electron chi connectivity index (χ3n) is 5.34. The Morgan fingerprint density at radius 1 is 1.25 bits per heavy atom. The number of likely N-dealkylation sites (tertiary alicyclic amines) is 1. The Morgan fingerprint density at radius 3 is 2.47 bits per heavy atom. The van der Waals surface area contributed by atoms with Crippen molar-refractivity contribution in [3.8, 4) is 11.8 Å². The Bertz CT molecular complexity index is 1130.